The van der Waals surface area contributed by atoms with Crippen LogP contribution < -0.4 is 5.32 Å². The topological polar surface area (TPSA) is 66.4 Å². The summed E-state index contributed by atoms with van der Waals surface area (Å²) in [5.74, 6) is -1.20. The SMILES string of the molecule is O=C(Cc1ccc2c(c1)CCC2)Nc1ccsc1C(=O)O. The highest BCUT2D eigenvalue weighted by atomic mass is 32.1. The second-order valence-corrected chi connectivity index (χ2v) is 6.07. The molecule has 0 unspecified atom stereocenters. The second-order valence-electron chi connectivity index (χ2n) is 5.15. The van der Waals surface area contributed by atoms with Crippen molar-refractivity contribution in [2.24, 2.45) is 0 Å². The van der Waals surface area contributed by atoms with Gasteiger partial charge in [-0.1, -0.05) is 18.2 Å². The van der Waals surface area contributed by atoms with Gasteiger partial charge in [-0.15, -0.1) is 11.3 Å². The lowest BCUT2D eigenvalue weighted by molar-refractivity contribution is -0.115. The van der Waals surface area contributed by atoms with Crippen LogP contribution >= 0.6 is 11.3 Å². The summed E-state index contributed by atoms with van der Waals surface area (Å²) in [4.78, 5) is 23.2. The van der Waals surface area contributed by atoms with E-state index in [-0.39, 0.29) is 17.2 Å². The number of thiophene rings is 1. The molecule has 1 aliphatic carbocycles. The van der Waals surface area contributed by atoms with Gasteiger partial charge in [-0.2, -0.15) is 0 Å². The number of carbonyl (C=O) groups is 2. The molecule has 2 N–H and O–H groups in total. The highest BCUT2D eigenvalue weighted by Crippen LogP contribution is 2.24. The number of amides is 1. The quantitative estimate of drug-likeness (QED) is 0.912. The van der Waals surface area contributed by atoms with Crippen LogP contribution in [0, 0.1) is 0 Å². The molecule has 0 radical (unpaired) electrons. The fourth-order valence-corrected chi connectivity index (χ4v) is 3.38. The highest BCUT2D eigenvalue weighted by molar-refractivity contribution is 7.12. The van der Waals surface area contributed by atoms with Gasteiger partial charge in [0.05, 0.1) is 12.1 Å². The maximum absolute atomic E-state index is 12.1. The molecule has 1 aromatic carbocycles. The molecule has 3 rings (SSSR count). The Balaban J connectivity index is 1.69. The van der Waals surface area contributed by atoms with Gasteiger partial charge in [0.1, 0.15) is 4.88 Å². The summed E-state index contributed by atoms with van der Waals surface area (Å²) in [6.07, 6.45) is 3.65. The lowest BCUT2D eigenvalue weighted by atomic mass is 10.0. The van der Waals surface area contributed by atoms with Crippen molar-refractivity contribution in [3.05, 3.63) is 51.2 Å². The molecule has 0 saturated carbocycles. The van der Waals surface area contributed by atoms with Crippen LogP contribution in [-0.4, -0.2) is 17.0 Å². The van der Waals surface area contributed by atoms with Crippen LogP contribution in [0.1, 0.15) is 32.8 Å². The number of rotatable bonds is 4. The Morgan fingerprint density at radius 2 is 2.00 bits per heavy atom. The predicted octanol–water partition coefficient (Wildman–Crippen LogP) is 3.12. The van der Waals surface area contributed by atoms with Gasteiger partial charge in [0, 0.05) is 0 Å². The number of anilines is 1. The number of hydrogen-bond acceptors (Lipinski definition) is 3. The van der Waals surface area contributed by atoms with Crippen molar-refractivity contribution < 1.29 is 14.7 Å². The van der Waals surface area contributed by atoms with E-state index in [2.05, 4.69) is 17.4 Å². The van der Waals surface area contributed by atoms with E-state index in [4.69, 9.17) is 5.11 Å². The van der Waals surface area contributed by atoms with Crippen molar-refractivity contribution in [2.75, 3.05) is 5.32 Å². The zero-order valence-corrected chi connectivity index (χ0v) is 12.2. The predicted molar refractivity (Wildman–Crippen MR) is 82.1 cm³/mol. The monoisotopic (exact) mass is 301 g/mol. The smallest absolute Gasteiger partial charge is 0.348 e. The summed E-state index contributed by atoms with van der Waals surface area (Å²) in [5, 5.41) is 13.4. The fraction of sp³-hybridized carbons (Fsp3) is 0.250. The van der Waals surface area contributed by atoms with Crippen molar-refractivity contribution in [1.29, 1.82) is 0 Å². The van der Waals surface area contributed by atoms with E-state index in [1.54, 1.807) is 11.4 Å². The zero-order valence-electron chi connectivity index (χ0n) is 11.4. The van der Waals surface area contributed by atoms with Crippen molar-refractivity contribution in [3.63, 3.8) is 0 Å². The minimum atomic E-state index is -1.02. The van der Waals surface area contributed by atoms with E-state index in [1.807, 2.05) is 6.07 Å². The minimum absolute atomic E-state index is 0.164. The summed E-state index contributed by atoms with van der Waals surface area (Å²) in [6, 6.07) is 7.79. The van der Waals surface area contributed by atoms with Crippen LogP contribution in [0.3, 0.4) is 0 Å². The normalized spacial score (nSPS) is 13.0. The second kappa shape index (κ2) is 5.69. The van der Waals surface area contributed by atoms with Crippen LogP contribution in [-0.2, 0) is 24.1 Å². The number of carboxylic acid groups (broad SMARTS) is 1. The van der Waals surface area contributed by atoms with Gasteiger partial charge in [-0.25, -0.2) is 4.79 Å². The van der Waals surface area contributed by atoms with E-state index in [0.717, 1.165) is 29.7 Å². The molecule has 1 amide bonds. The Kier molecular flexibility index (Phi) is 3.75. The van der Waals surface area contributed by atoms with Crippen LogP contribution in [0.5, 0.6) is 0 Å². The minimum Gasteiger partial charge on any atom is -0.477 e. The summed E-state index contributed by atoms with van der Waals surface area (Å²) in [5.41, 5.74) is 4.06. The van der Waals surface area contributed by atoms with E-state index < -0.39 is 5.97 Å². The van der Waals surface area contributed by atoms with Crippen LogP contribution in [0.25, 0.3) is 0 Å². The first-order valence-electron chi connectivity index (χ1n) is 6.85. The summed E-state index contributed by atoms with van der Waals surface area (Å²) < 4.78 is 0. The third-order valence-electron chi connectivity index (χ3n) is 3.66. The average Bonchev–Trinajstić information content (AvgIpc) is 3.06. The van der Waals surface area contributed by atoms with E-state index >= 15 is 0 Å². The number of carboxylic acids is 1. The molecule has 1 aliphatic rings. The number of carbonyl (C=O) groups excluding carboxylic acids is 1. The van der Waals surface area contributed by atoms with Gasteiger partial charge in [0.25, 0.3) is 0 Å². The number of aryl methyl sites for hydroxylation is 2. The first kappa shape index (κ1) is 13.8. The maximum atomic E-state index is 12.1. The molecule has 0 fully saturated rings. The van der Waals surface area contributed by atoms with E-state index in [9.17, 15) is 9.59 Å². The number of aromatic carboxylic acids is 1. The highest BCUT2D eigenvalue weighted by Gasteiger charge is 2.15. The number of benzene rings is 1. The first-order valence-corrected chi connectivity index (χ1v) is 7.73. The molecule has 0 aliphatic heterocycles. The molecule has 1 aromatic heterocycles. The summed E-state index contributed by atoms with van der Waals surface area (Å²) in [7, 11) is 0. The van der Waals surface area contributed by atoms with Crippen molar-refractivity contribution in [2.45, 2.75) is 25.7 Å². The fourth-order valence-electron chi connectivity index (χ4n) is 2.69. The molecule has 0 bridgehead atoms. The third-order valence-corrected chi connectivity index (χ3v) is 4.56. The van der Waals surface area contributed by atoms with Crippen molar-refractivity contribution in [3.8, 4) is 0 Å². The van der Waals surface area contributed by atoms with Gasteiger partial charge in [0.2, 0.25) is 5.91 Å². The molecule has 1 heterocycles. The van der Waals surface area contributed by atoms with Gasteiger partial charge in [-0.05, 0) is 47.4 Å². The third kappa shape index (κ3) is 2.97. The molecule has 2 aromatic rings. The molecule has 108 valence electrons. The number of nitrogens with one attached hydrogen (secondary N) is 1. The number of fused-ring (bicyclic) bond motifs is 1. The maximum Gasteiger partial charge on any atom is 0.348 e. The Hall–Kier alpha value is -2.14. The van der Waals surface area contributed by atoms with E-state index in [0.29, 0.717) is 5.69 Å². The van der Waals surface area contributed by atoms with Crippen LogP contribution in [0.4, 0.5) is 5.69 Å². The largest absolute Gasteiger partial charge is 0.477 e. The first-order chi connectivity index (χ1) is 10.1. The molecule has 21 heavy (non-hydrogen) atoms. The van der Waals surface area contributed by atoms with Crippen molar-refractivity contribution in [1.82, 2.24) is 0 Å². The lowest BCUT2D eigenvalue weighted by Gasteiger charge is -2.06. The van der Waals surface area contributed by atoms with Gasteiger partial charge in [0.15, 0.2) is 0 Å². The Labute approximate surface area is 126 Å². The Morgan fingerprint density at radius 3 is 2.81 bits per heavy atom. The summed E-state index contributed by atoms with van der Waals surface area (Å²) >= 11 is 1.11. The Morgan fingerprint density at radius 1 is 1.19 bits per heavy atom. The lowest BCUT2D eigenvalue weighted by Crippen LogP contribution is -2.15. The molecule has 5 heteroatoms. The number of hydrogen-bond donors (Lipinski definition) is 2. The van der Waals surface area contributed by atoms with Gasteiger partial charge < -0.3 is 10.4 Å². The average molecular weight is 301 g/mol. The van der Waals surface area contributed by atoms with Crippen molar-refractivity contribution >= 4 is 28.9 Å². The van der Waals surface area contributed by atoms with Gasteiger partial charge in [-0.3, -0.25) is 4.79 Å². The standard InChI is InChI=1S/C16H15NO3S/c18-14(17-13-6-7-21-15(13)16(19)20)9-10-4-5-11-2-1-3-12(11)8-10/h4-8H,1-3,9H2,(H,17,18)(H,19,20). The molecule has 0 spiro atoms. The zero-order chi connectivity index (χ0) is 14.8. The van der Waals surface area contributed by atoms with Crippen LogP contribution in [0.2, 0.25) is 0 Å². The van der Waals surface area contributed by atoms with Gasteiger partial charge >= 0.3 is 5.97 Å². The molecular formula is C16H15NO3S. The molecule has 0 saturated heterocycles. The van der Waals surface area contributed by atoms with E-state index in [1.165, 1.54) is 17.5 Å². The molecular weight excluding hydrogens is 286 g/mol. The molecule has 4 nitrogen and oxygen atoms in total. The molecule has 0 atom stereocenters. The van der Waals surface area contributed by atoms with Crippen LogP contribution in [0.15, 0.2) is 29.6 Å². The summed E-state index contributed by atoms with van der Waals surface area (Å²) in [6.45, 7) is 0. The Bertz CT molecular complexity index is 705.